The Kier molecular flexibility index (Phi) is 7.65. The minimum Gasteiger partial charge on any atom is -0.465 e. The molecule has 5 aliphatic rings. The van der Waals surface area contributed by atoms with Crippen LogP contribution in [0.3, 0.4) is 0 Å². The van der Waals surface area contributed by atoms with Gasteiger partial charge >= 0.3 is 5.97 Å². The number of carbonyl (C=O) groups excluding carboxylic acids is 1. The Morgan fingerprint density at radius 2 is 1.67 bits per heavy atom. The van der Waals surface area contributed by atoms with Crippen LogP contribution in [0.4, 0.5) is 0 Å². The summed E-state index contributed by atoms with van der Waals surface area (Å²) in [5, 5.41) is 13.7. The van der Waals surface area contributed by atoms with Crippen molar-refractivity contribution in [1.29, 1.82) is 0 Å². The van der Waals surface area contributed by atoms with Gasteiger partial charge in [0, 0.05) is 12.1 Å². The summed E-state index contributed by atoms with van der Waals surface area (Å²) in [7, 11) is 1.44. The van der Waals surface area contributed by atoms with Gasteiger partial charge in [-0.05, 0) is 139 Å². The molecule has 0 spiro atoms. The molecule has 1 aromatic carbocycles. The van der Waals surface area contributed by atoms with Gasteiger partial charge in [-0.25, -0.2) is 4.79 Å². The molecule has 4 heteroatoms. The molecule has 1 aromatic rings. The summed E-state index contributed by atoms with van der Waals surface area (Å²) in [4.78, 5) is 12.1. The van der Waals surface area contributed by atoms with Gasteiger partial charge in [-0.1, -0.05) is 65.0 Å². The van der Waals surface area contributed by atoms with Gasteiger partial charge in [-0.3, -0.25) is 0 Å². The molecule has 0 amide bonds. The van der Waals surface area contributed by atoms with E-state index in [-0.39, 0.29) is 28.9 Å². The molecule has 4 saturated carbocycles. The molecule has 2 N–H and O–H groups in total. The van der Waals surface area contributed by atoms with Crippen molar-refractivity contribution in [2.45, 2.75) is 105 Å². The van der Waals surface area contributed by atoms with Crippen LogP contribution in [0.2, 0.25) is 0 Å². The molecular formula is C39H57NO3. The average Bonchev–Trinajstić information content (AvgIpc) is 3.36. The number of carbonyl (C=O) groups is 1. The molecule has 6 rings (SSSR count). The monoisotopic (exact) mass is 587 g/mol. The minimum atomic E-state index is -0.275. The van der Waals surface area contributed by atoms with E-state index in [9.17, 15) is 9.90 Å². The SMILES string of the molecule is C=C(C)[C@@H]1CC[C@]2(NCCO)CC[C@]3(C)[C@H](CCC4[C@@]5(C)CC=C(c6ccc(C(=O)OC)cc6)C(C)(C)C5CC[C@]43C)C12. The van der Waals surface area contributed by atoms with Gasteiger partial charge in [-0.15, -0.1) is 0 Å². The zero-order valence-electron chi connectivity index (χ0n) is 28.0. The lowest BCUT2D eigenvalue weighted by molar-refractivity contribution is -0.219. The predicted octanol–water partition coefficient (Wildman–Crippen LogP) is 8.46. The molecule has 0 saturated heterocycles. The number of esters is 1. The maximum Gasteiger partial charge on any atom is 0.337 e. The lowest BCUT2D eigenvalue weighted by Gasteiger charge is -2.72. The zero-order chi connectivity index (χ0) is 31.0. The van der Waals surface area contributed by atoms with Gasteiger partial charge in [0.25, 0.3) is 0 Å². The van der Waals surface area contributed by atoms with Gasteiger partial charge in [0.15, 0.2) is 0 Å². The fraction of sp³-hybridized carbons (Fsp3) is 0.718. The van der Waals surface area contributed by atoms with Gasteiger partial charge in [-0.2, -0.15) is 0 Å². The number of benzene rings is 1. The number of fused-ring (bicyclic) bond motifs is 7. The van der Waals surface area contributed by atoms with Crippen molar-refractivity contribution in [3.63, 3.8) is 0 Å². The number of hydrogen-bond acceptors (Lipinski definition) is 4. The third-order valence-electron chi connectivity index (χ3n) is 14.9. The van der Waals surface area contributed by atoms with E-state index >= 15 is 0 Å². The summed E-state index contributed by atoms with van der Waals surface area (Å²) in [6.07, 6.45) is 13.9. The molecular weight excluding hydrogens is 530 g/mol. The lowest BCUT2D eigenvalue weighted by Crippen LogP contribution is -2.68. The number of allylic oxidation sites excluding steroid dienone is 3. The van der Waals surface area contributed by atoms with E-state index in [1.54, 1.807) is 0 Å². The van der Waals surface area contributed by atoms with Crippen LogP contribution in [0.25, 0.3) is 5.57 Å². The Hall–Kier alpha value is -1.91. The third-order valence-corrected chi connectivity index (χ3v) is 14.9. The van der Waals surface area contributed by atoms with Gasteiger partial charge in [0.05, 0.1) is 19.3 Å². The van der Waals surface area contributed by atoms with Gasteiger partial charge in [0.2, 0.25) is 0 Å². The Morgan fingerprint density at radius 1 is 0.953 bits per heavy atom. The topological polar surface area (TPSA) is 58.6 Å². The molecule has 0 aliphatic heterocycles. The Bertz CT molecular complexity index is 1300. The van der Waals surface area contributed by atoms with E-state index in [0.29, 0.717) is 52.5 Å². The van der Waals surface area contributed by atoms with Gasteiger partial charge < -0.3 is 15.2 Å². The van der Waals surface area contributed by atoms with Crippen molar-refractivity contribution in [1.82, 2.24) is 5.32 Å². The summed E-state index contributed by atoms with van der Waals surface area (Å²) in [5.74, 6) is 2.98. The number of hydrogen-bond donors (Lipinski definition) is 2. The Labute approximate surface area is 261 Å². The minimum absolute atomic E-state index is 0.0608. The summed E-state index contributed by atoms with van der Waals surface area (Å²) in [5.41, 5.74) is 5.80. The number of β-amino-alcohol motifs (C(OH)–C–C–N with tert-alkyl or cyclic N) is 1. The summed E-state index contributed by atoms with van der Waals surface area (Å²) < 4.78 is 4.94. The second-order valence-electron chi connectivity index (χ2n) is 16.6. The second-order valence-corrected chi connectivity index (χ2v) is 16.6. The molecule has 0 bridgehead atoms. The van der Waals surface area contributed by atoms with E-state index in [1.165, 1.54) is 75.2 Å². The van der Waals surface area contributed by atoms with Gasteiger partial charge in [0.1, 0.15) is 0 Å². The van der Waals surface area contributed by atoms with E-state index in [1.807, 2.05) is 12.1 Å². The van der Waals surface area contributed by atoms with Crippen LogP contribution in [0.1, 0.15) is 115 Å². The summed E-state index contributed by atoms with van der Waals surface area (Å²) in [6.45, 7) is 20.8. The van der Waals surface area contributed by atoms with Crippen molar-refractivity contribution in [3.8, 4) is 0 Å². The predicted molar refractivity (Wildman–Crippen MR) is 175 cm³/mol. The largest absolute Gasteiger partial charge is 0.465 e. The first kappa shape index (κ1) is 31.1. The average molecular weight is 588 g/mol. The first-order valence-electron chi connectivity index (χ1n) is 17.2. The van der Waals surface area contributed by atoms with Crippen LogP contribution < -0.4 is 5.32 Å². The highest BCUT2D eigenvalue weighted by Crippen LogP contribution is 2.76. The van der Waals surface area contributed by atoms with Crippen LogP contribution in [-0.4, -0.2) is 36.9 Å². The Morgan fingerprint density at radius 3 is 2.33 bits per heavy atom. The number of aliphatic hydroxyl groups is 1. The second kappa shape index (κ2) is 10.6. The first-order chi connectivity index (χ1) is 20.3. The molecule has 5 aliphatic carbocycles. The van der Waals surface area contributed by atoms with Crippen LogP contribution in [-0.2, 0) is 4.74 Å². The molecule has 9 atom stereocenters. The smallest absolute Gasteiger partial charge is 0.337 e. The maximum atomic E-state index is 12.1. The maximum absolute atomic E-state index is 12.1. The standard InChI is InChI=1S/C39H57NO3/c1-25(2)28-15-20-39(40-23-24-41)22-21-37(6)30(33(28)39)13-14-32-36(5)18-16-29(26-9-11-27(12-10-26)34(42)43-8)35(3,4)31(36)17-19-38(32,37)7/h9-12,16,28,30-33,40-41H,1,13-15,17-24H2,2-8H3/t28-,30+,31?,32?,33?,36-,37+,38+,39-/m0/s1. The van der Waals surface area contributed by atoms with E-state index in [2.05, 4.69) is 71.6 Å². The molecule has 0 aromatic heterocycles. The molecule has 43 heavy (non-hydrogen) atoms. The molecule has 236 valence electrons. The number of nitrogens with one attached hydrogen (secondary N) is 1. The van der Waals surface area contributed by atoms with Crippen molar-refractivity contribution < 1.29 is 14.6 Å². The number of methoxy groups -OCH3 is 1. The number of ether oxygens (including phenoxy) is 1. The van der Waals surface area contributed by atoms with E-state index in [4.69, 9.17) is 4.74 Å². The fourth-order valence-electron chi connectivity index (χ4n) is 12.8. The summed E-state index contributed by atoms with van der Waals surface area (Å²) in [6, 6.07) is 8.10. The molecule has 0 radical (unpaired) electrons. The quantitative estimate of drug-likeness (QED) is 0.259. The molecule has 4 fully saturated rings. The zero-order valence-corrected chi connectivity index (χ0v) is 28.0. The molecule has 0 heterocycles. The first-order valence-corrected chi connectivity index (χ1v) is 17.2. The summed E-state index contributed by atoms with van der Waals surface area (Å²) >= 11 is 0. The Balaban J connectivity index is 1.34. The van der Waals surface area contributed by atoms with Crippen LogP contribution in [0.15, 0.2) is 42.5 Å². The highest BCUT2D eigenvalue weighted by Gasteiger charge is 2.70. The number of aliphatic hydroxyl groups excluding tert-OH is 1. The van der Waals surface area contributed by atoms with E-state index < -0.39 is 0 Å². The van der Waals surface area contributed by atoms with Crippen molar-refractivity contribution in [2.75, 3.05) is 20.3 Å². The lowest BCUT2D eigenvalue weighted by atomic mass is 9.33. The van der Waals surface area contributed by atoms with Crippen molar-refractivity contribution >= 4 is 11.5 Å². The molecule has 4 nitrogen and oxygen atoms in total. The van der Waals surface area contributed by atoms with E-state index in [0.717, 1.165) is 6.42 Å². The van der Waals surface area contributed by atoms with Crippen molar-refractivity contribution in [3.05, 3.63) is 53.6 Å². The van der Waals surface area contributed by atoms with Crippen LogP contribution >= 0.6 is 0 Å². The fourth-order valence-corrected chi connectivity index (χ4v) is 12.8. The normalized spacial score (nSPS) is 43.0. The van der Waals surface area contributed by atoms with Crippen LogP contribution in [0, 0.1) is 51.2 Å². The molecule has 3 unspecified atom stereocenters. The number of rotatable bonds is 6. The third kappa shape index (κ3) is 4.32. The van der Waals surface area contributed by atoms with Crippen molar-refractivity contribution in [2.24, 2.45) is 51.2 Å². The van der Waals surface area contributed by atoms with Crippen LogP contribution in [0.5, 0.6) is 0 Å². The highest BCUT2D eigenvalue weighted by atomic mass is 16.5. The highest BCUT2D eigenvalue weighted by molar-refractivity contribution is 5.89.